The normalized spacial score (nSPS) is 11.2. The molecule has 1 N–H and O–H groups in total. The molecular formula is C20H22N4O5S. The molecule has 0 spiro atoms. The number of anilines is 1. The minimum absolute atomic E-state index is 0.0962. The fourth-order valence-electron chi connectivity index (χ4n) is 2.86. The van der Waals surface area contributed by atoms with Crippen molar-refractivity contribution in [2.75, 3.05) is 25.1 Å². The van der Waals surface area contributed by atoms with E-state index in [9.17, 15) is 13.2 Å². The third kappa shape index (κ3) is 4.95. The third-order valence-electron chi connectivity index (χ3n) is 4.37. The molecule has 0 unspecified atom stereocenters. The molecule has 2 aromatic carbocycles. The van der Waals surface area contributed by atoms with Gasteiger partial charge in [-0.2, -0.15) is 4.98 Å². The Morgan fingerprint density at radius 2 is 1.97 bits per heavy atom. The number of carbonyl (C=O) groups excluding carboxylic acids is 1. The topological polar surface area (TPSA) is 115 Å². The maximum Gasteiger partial charge on any atom is 0.254 e. The molecular weight excluding hydrogens is 408 g/mol. The summed E-state index contributed by atoms with van der Waals surface area (Å²) in [6.45, 7) is 1.78. The van der Waals surface area contributed by atoms with Crippen LogP contribution in [0.4, 0.5) is 5.69 Å². The number of carbonyl (C=O) groups is 1. The molecule has 0 saturated carbocycles. The molecule has 0 aliphatic rings. The highest BCUT2D eigenvalue weighted by atomic mass is 32.2. The van der Waals surface area contributed by atoms with Crippen LogP contribution in [0.5, 0.6) is 5.75 Å². The van der Waals surface area contributed by atoms with E-state index in [2.05, 4.69) is 14.9 Å². The molecule has 0 aliphatic heterocycles. The van der Waals surface area contributed by atoms with Crippen molar-refractivity contribution < 1.29 is 22.5 Å². The van der Waals surface area contributed by atoms with Crippen molar-refractivity contribution >= 4 is 21.6 Å². The van der Waals surface area contributed by atoms with Gasteiger partial charge in [0.15, 0.2) is 0 Å². The van der Waals surface area contributed by atoms with E-state index in [-0.39, 0.29) is 18.3 Å². The van der Waals surface area contributed by atoms with Gasteiger partial charge in [-0.3, -0.25) is 9.52 Å². The molecule has 1 amide bonds. The molecule has 1 aromatic heterocycles. The lowest BCUT2D eigenvalue weighted by Gasteiger charge is -2.18. The standard InChI is InChI=1S/C20H22N4O5S/c1-13-16(9-6-10-17(13)23-30(4,26)27)20(25)24(2)12-18-21-19(22-29-18)14-7-5-8-15(11-14)28-3/h5-11,23H,12H2,1-4H3. The molecule has 0 saturated heterocycles. The average molecular weight is 430 g/mol. The lowest BCUT2D eigenvalue weighted by atomic mass is 10.1. The van der Waals surface area contributed by atoms with Crippen molar-refractivity contribution in [3.8, 4) is 17.1 Å². The van der Waals surface area contributed by atoms with Crippen molar-refractivity contribution in [3.05, 3.63) is 59.5 Å². The number of benzene rings is 2. The minimum Gasteiger partial charge on any atom is -0.497 e. The zero-order chi connectivity index (χ0) is 21.9. The minimum atomic E-state index is -3.46. The first-order chi connectivity index (χ1) is 14.2. The van der Waals surface area contributed by atoms with Gasteiger partial charge < -0.3 is 14.2 Å². The molecule has 3 aromatic rings. The first-order valence-electron chi connectivity index (χ1n) is 8.98. The summed E-state index contributed by atoms with van der Waals surface area (Å²) in [6.07, 6.45) is 1.06. The summed E-state index contributed by atoms with van der Waals surface area (Å²) >= 11 is 0. The molecule has 10 heteroatoms. The number of aromatic nitrogens is 2. The van der Waals surface area contributed by atoms with Crippen LogP contribution in [0.2, 0.25) is 0 Å². The van der Waals surface area contributed by atoms with Crippen LogP contribution >= 0.6 is 0 Å². The van der Waals surface area contributed by atoms with Gasteiger partial charge in [0.1, 0.15) is 5.75 Å². The van der Waals surface area contributed by atoms with Crippen LogP contribution in [0.1, 0.15) is 21.8 Å². The predicted molar refractivity (Wildman–Crippen MR) is 112 cm³/mol. The summed E-state index contributed by atoms with van der Waals surface area (Å²) < 4.78 is 35.9. The summed E-state index contributed by atoms with van der Waals surface area (Å²) in [6, 6.07) is 12.1. The van der Waals surface area contributed by atoms with Gasteiger partial charge >= 0.3 is 0 Å². The Labute approximate surface area is 174 Å². The number of nitrogens with zero attached hydrogens (tertiary/aromatic N) is 3. The first kappa shape index (κ1) is 21.3. The monoisotopic (exact) mass is 430 g/mol. The number of ether oxygens (including phenoxy) is 1. The molecule has 0 radical (unpaired) electrons. The Morgan fingerprint density at radius 1 is 1.23 bits per heavy atom. The van der Waals surface area contributed by atoms with Crippen molar-refractivity contribution in [2.24, 2.45) is 0 Å². The Morgan fingerprint density at radius 3 is 2.67 bits per heavy atom. The van der Waals surface area contributed by atoms with Gasteiger partial charge in [-0.25, -0.2) is 8.42 Å². The highest BCUT2D eigenvalue weighted by molar-refractivity contribution is 7.92. The highest BCUT2D eigenvalue weighted by Gasteiger charge is 2.19. The van der Waals surface area contributed by atoms with Crippen molar-refractivity contribution in [3.63, 3.8) is 0 Å². The molecule has 158 valence electrons. The predicted octanol–water partition coefficient (Wildman–Crippen LogP) is 2.70. The number of hydrogen-bond donors (Lipinski definition) is 1. The van der Waals surface area contributed by atoms with Gasteiger partial charge in [0.25, 0.3) is 5.91 Å². The van der Waals surface area contributed by atoms with Crippen LogP contribution in [-0.4, -0.2) is 49.8 Å². The maximum absolute atomic E-state index is 12.9. The largest absolute Gasteiger partial charge is 0.497 e. The van der Waals surface area contributed by atoms with Gasteiger partial charge in [-0.1, -0.05) is 23.4 Å². The summed E-state index contributed by atoms with van der Waals surface area (Å²) in [5.41, 5.74) is 1.99. The number of amides is 1. The number of rotatable bonds is 7. The molecule has 30 heavy (non-hydrogen) atoms. The summed E-state index contributed by atoms with van der Waals surface area (Å²) in [4.78, 5) is 18.7. The van der Waals surface area contributed by atoms with Crippen LogP contribution in [-0.2, 0) is 16.6 Å². The van der Waals surface area contributed by atoms with Crippen LogP contribution in [0.15, 0.2) is 47.0 Å². The van der Waals surface area contributed by atoms with Gasteiger partial charge in [0, 0.05) is 18.2 Å². The fraction of sp³-hybridized carbons (Fsp3) is 0.250. The quantitative estimate of drug-likeness (QED) is 0.613. The Balaban J connectivity index is 1.77. The number of sulfonamides is 1. The smallest absolute Gasteiger partial charge is 0.254 e. The SMILES string of the molecule is COc1cccc(-c2noc(CN(C)C(=O)c3cccc(NS(C)(=O)=O)c3C)n2)c1. The zero-order valence-corrected chi connectivity index (χ0v) is 17.9. The number of methoxy groups -OCH3 is 1. The van der Waals surface area contributed by atoms with E-state index in [1.54, 1.807) is 45.3 Å². The van der Waals surface area contributed by atoms with Crippen molar-refractivity contribution in [2.45, 2.75) is 13.5 Å². The molecule has 9 nitrogen and oxygen atoms in total. The van der Waals surface area contributed by atoms with E-state index in [0.29, 0.717) is 28.4 Å². The first-order valence-corrected chi connectivity index (χ1v) is 10.9. The highest BCUT2D eigenvalue weighted by Crippen LogP contribution is 2.23. The number of nitrogens with one attached hydrogen (secondary N) is 1. The van der Waals surface area contributed by atoms with Gasteiger partial charge in [-0.15, -0.1) is 0 Å². The van der Waals surface area contributed by atoms with Gasteiger partial charge in [-0.05, 0) is 36.8 Å². The van der Waals surface area contributed by atoms with Gasteiger partial charge in [0.2, 0.25) is 21.7 Å². The Kier molecular flexibility index (Phi) is 6.06. The van der Waals surface area contributed by atoms with E-state index < -0.39 is 10.0 Å². The van der Waals surface area contributed by atoms with Crippen molar-refractivity contribution in [1.82, 2.24) is 15.0 Å². The van der Waals surface area contributed by atoms with Crippen LogP contribution in [0.25, 0.3) is 11.4 Å². The molecule has 0 fully saturated rings. The average Bonchev–Trinajstić information content (AvgIpc) is 3.16. The molecule has 0 bridgehead atoms. The molecule has 3 rings (SSSR count). The van der Waals surface area contributed by atoms with Gasteiger partial charge in [0.05, 0.1) is 25.6 Å². The van der Waals surface area contributed by atoms with Crippen LogP contribution in [0, 0.1) is 6.92 Å². The second-order valence-corrected chi connectivity index (χ2v) is 8.51. The second kappa shape index (κ2) is 8.54. The van der Waals surface area contributed by atoms with Crippen LogP contribution in [0.3, 0.4) is 0 Å². The van der Waals surface area contributed by atoms with E-state index in [1.807, 2.05) is 18.2 Å². The lowest BCUT2D eigenvalue weighted by Crippen LogP contribution is -2.27. The molecule has 0 aliphatic carbocycles. The summed E-state index contributed by atoms with van der Waals surface area (Å²) in [7, 11) is -0.279. The molecule has 1 heterocycles. The maximum atomic E-state index is 12.9. The van der Waals surface area contributed by atoms with E-state index in [4.69, 9.17) is 9.26 Å². The second-order valence-electron chi connectivity index (χ2n) is 6.76. The third-order valence-corrected chi connectivity index (χ3v) is 4.97. The Hall–Kier alpha value is -3.40. The van der Waals surface area contributed by atoms with E-state index in [1.165, 1.54) is 4.90 Å². The van der Waals surface area contributed by atoms with Crippen molar-refractivity contribution in [1.29, 1.82) is 0 Å². The van der Waals surface area contributed by atoms with Crippen LogP contribution < -0.4 is 9.46 Å². The van der Waals surface area contributed by atoms with E-state index >= 15 is 0 Å². The lowest BCUT2D eigenvalue weighted by molar-refractivity contribution is 0.0769. The number of hydrogen-bond acceptors (Lipinski definition) is 7. The van der Waals surface area contributed by atoms with E-state index in [0.717, 1.165) is 11.8 Å². The Bertz CT molecular complexity index is 1170. The summed E-state index contributed by atoms with van der Waals surface area (Å²) in [5, 5.41) is 3.96. The zero-order valence-electron chi connectivity index (χ0n) is 17.0. The fourth-order valence-corrected chi connectivity index (χ4v) is 3.48. The molecule has 0 atom stereocenters. The summed E-state index contributed by atoms with van der Waals surface area (Å²) in [5.74, 6) is 1.03.